The third kappa shape index (κ3) is 2.71. The number of hydrogen-bond acceptors (Lipinski definition) is 5. The van der Waals surface area contributed by atoms with Crippen LogP contribution in [0.15, 0.2) is 30.6 Å². The molecule has 0 unspecified atom stereocenters. The number of carbonyl (C=O) groups is 1. The highest BCUT2D eigenvalue weighted by Gasteiger charge is 2.14. The normalized spacial score (nSPS) is 10.8. The first-order chi connectivity index (χ1) is 10.1. The standard InChI is InChI=1S/C14H14N6O/c1-9-6-10(2)20-14(17-9)18-12(19-20)13(21)16-8-11-4-3-5-15-7-11/h3-7H,8H2,1-2H3,(H,16,21). The minimum atomic E-state index is -0.332. The predicted molar refractivity (Wildman–Crippen MR) is 75.7 cm³/mol. The number of nitrogens with zero attached hydrogens (tertiary/aromatic N) is 5. The lowest BCUT2D eigenvalue weighted by atomic mass is 10.3. The molecular formula is C14H14N6O. The summed E-state index contributed by atoms with van der Waals surface area (Å²) in [5.41, 5.74) is 2.64. The number of rotatable bonds is 3. The molecule has 0 bridgehead atoms. The summed E-state index contributed by atoms with van der Waals surface area (Å²) in [6.45, 7) is 4.16. The summed E-state index contributed by atoms with van der Waals surface area (Å²) >= 11 is 0. The second-order valence-electron chi connectivity index (χ2n) is 4.73. The molecule has 0 spiro atoms. The highest BCUT2D eigenvalue weighted by molar-refractivity contribution is 5.90. The van der Waals surface area contributed by atoms with E-state index in [-0.39, 0.29) is 11.7 Å². The van der Waals surface area contributed by atoms with Crippen LogP contribution in [0.2, 0.25) is 0 Å². The van der Waals surface area contributed by atoms with Crippen molar-refractivity contribution in [3.63, 3.8) is 0 Å². The zero-order valence-corrected chi connectivity index (χ0v) is 11.7. The maximum absolute atomic E-state index is 12.1. The van der Waals surface area contributed by atoms with E-state index in [0.29, 0.717) is 12.3 Å². The van der Waals surface area contributed by atoms with Gasteiger partial charge in [-0.2, -0.15) is 4.98 Å². The third-order valence-electron chi connectivity index (χ3n) is 3.00. The molecule has 3 aromatic rings. The second-order valence-corrected chi connectivity index (χ2v) is 4.73. The van der Waals surface area contributed by atoms with Gasteiger partial charge in [-0.25, -0.2) is 9.50 Å². The van der Waals surface area contributed by atoms with E-state index in [0.717, 1.165) is 17.0 Å². The summed E-state index contributed by atoms with van der Waals surface area (Å²) in [7, 11) is 0. The summed E-state index contributed by atoms with van der Waals surface area (Å²) in [4.78, 5) is 24.5. The Morgan fingerprint density at radius 2 is 2.19 bits per heavy atom. The smallest absolute Gasteiger partial charge is 0.291 e. The van der Waals surface area contributed by atoms with Crippen molar-refractivity contribution in [1.29, 1.82) is 0 Å². The van der Waals surface area contributed by atoms with E-state index >= 15 is 0 Å². The van der Waals surface area contributed by atoms with Crippen LogP contribution in [0, 0.1) is 13.8 Å². The highest BCUT2D eigenvalue weighted by atomic mass is 16.2. The van der Waals surface area contributed by atoms with Gasteiger partial charge in [0.2, 0.25) is 5.82 Å². The van der Waals surface area contributed by atoms with Crippen molar-refractivity contribution in [2.24, 2.45) is 0 Å². The zero-order chi connectivity index (χ0) is 14.8. The molecule has 0 atom stereocenters. The summed E-state index contributed by atoms with van der Waals surface area (Å²) in [5.74, 6) is 0.209. The van der Waals surface area contributed by atoms with Gasteiger partial charge in [-0.05, 0) is 31.5 Å². The molecule has 0 saturated carbocycles. The van der Waals surface area contributed by atoms with Crippen LogP contribution in [0.25, 0.3) is 5.78 Å². The maximum atomic E-state index is 12.1. The van der Waals surface area contributed by atoms with E-state index in [2.05, 4.69) is 25.4 Å². The fourth-order valence-electron chi connectivity index (χ4n) is 2.03. The first-order valence-corrected chi connectivity index (χ1v) is 6.51. The van der Waals surface area contributed by atoms with E-state index in [1.54, 1.807) is 16.9 Å². The Kier molecular flexibility index (Phi) is 3.31. The molecule has 0 saturated heterocycles. The van der Waals surface area contributed by atoms with Crippen molar-refractivity contribution in [1.82, 2.24) is 29.9 Å². The van der Waals surface area contributed by atoms with Crippen LogP contribution in [0.4, 0.5) is 0 Å². The highest BCUT2D eigenvalue weighted by Crippen LogP contribution is 2.05. The van der Waals surface area contributed by atoms with Gasteiger partial charge in [0.1, 0.15) is 0 Å². The third-order valence-corrected chi connectivity index (χ3v) is 3.00. The Hall–Kier alpha value is -2.83. The summed E-state index contributed by atoms with van der Waals surface area (Å²) in [6.07, 6.45) is 3.39. The molecule has 0 aliphatic heterocycles. The second kappa shape index (κ2) is 5.28. The van der Waals surface area contributed by atoms with Gasteiger partial charge in [0.25, 0.3) is 11.7 Å². The first-order valence-electron chi connectivity index (χ1n) is 6.51. The molecule has 106 valence electrons. The van der Waals surface area contributed by atoms with Gasteiger partial charge in [-0.1, -0.05) is 6.07 Å². The fourth-order valence-corrected chi connectivity index (χ4v) is 2.03. The maximum Gasteiger partial charge on any atom is 0.291 e. The Bertz CT molecular complexity index is 796. The molecule has 0 aliphatic rings. The van der Waals surface area contributed by atoms with Gasteiger partial charge in [-0.15, -0.1) is 5.10 Å². The molecule has 0 fully saturated rings. The molecular weight excluding hydrogens is 268 g/mol. The number of nitrogens with one attached hydrogen (secondary N) is 1. The molecule has 0 aliphatic carbocycles. The van der Waals surface area contributed by atoms with Crippen molar-refractivity contribution in [3.8, 4) is 0 Å². The number of carbonyl (C=O) groups excluding carboxylic acids is 1. The first kappa shape index (κ1) is 13.2. The Morgan fingerprint density at radius 1 is 1.33 bits per heavy atom. The minimum Gasteiger partial charge on any atom is -0.345 e. The van der Waals surface area contributed by atoms with Gasteiger partial charge in [-0.3, -0.25) is 9.78 Å². The number of pyridine rings is 1. The molecule has 3 aromatic heterocycles. The van der Waals surface area contributed by atoms with Crippen LogP contribution in [-0.4, -0.2) is 30.5 Å². The van der Waals surface area contributed by atoms with Crippen molar-refractivity contribution in [3.05, 3.63) is 53.4 Å². The van der Waals surface area contributed by atoms with Gasteiger partial charge in [0.05, 0.1) is 0 Å². The summed E-state index contributed by atoms with van der Waals surface area (Å²) < 4.78 is 1.56. The molecule has 7 nitrogen and oxygen atoms in total. The number of fused-ring (bicyclic) bond motifs is 1. The summed E-state index contributed by atoms with van der Waals surface area (Å²) in [6, 6.07) is 5.60. The van der Waals surface area contributed by atoms with Crippen LogP contribution in [0.3, 0.4) is 0 Å². The molecule has 0 radical (unpaired) electrons. The lowest BCUT2D eigenvalue weighted by molar-refractivity contribution is 0.0940. The van der Waals surface area contributed by atoms with E-state index in [1.165, 1.54) is 0 Å². The van der Waals surface area contributed by atoms with Crippen LogP contribution >= 0.6 is 0 Å². The molecule has 1 N–H and O–H groups in total. The van der Waals surface area contributed by atoms with E-state index < -0.39 is 0 Å². The van der Waals surface area contributed by atoms with Gasteiger partial charge >= 0.3 is 0 Å². The quantitative estimate of drug-likeness (QED) is 0.776. The monoisotopic (exact) mass is 282 g/mol. The van der Waals surface area contributed by atoms with Crippen molar-refractivity contribution < 1.29 is 4.79 Å². The van der Waals surface area contributed by atoms with Crippen LogP contribution in [0.5, 0.6) is 0 Å². The molecule has 3 rings (SSSR count). The van der Waals surface area contributed by atoms with Crippen LogP contribution in [0.1, 0.15) is 27.6 Å². The van der Waals surface area contributed by atoms with Crippen molar-refractivity contribution in [2.45, 2.75) is 20.4 Å². The number of hydrogen-bond donors (Lipinski definition) is 1. The number of aromatic nitrogens is 5. The molecule has 21 heavy (non-hydrogen) atoms. The van der Waals surface area contributed by atoms with Gasteiger partial charge in [0, 0.05) is 30.3 Å². The van der Waals surface area contributed by atoms with E-state index in [4.69, 9.17) is 0 Å². The largest absolute Gasteiger partial charge is 0.345 e. The van der Waals surface area contributed by atoms with Crippen LogP contribution in [-0.2, 0) is 6.54 Å². The fraction of sp³-hybridized carbons (Fsp3) is 0.214. The lowest BCUT2D eigenvalue weighted by Crippen LogP contribution is -2.24. The molecule has 7 heteroatoms. The number of amides is 1. The molecule has 1 amide bonds. The predicted octanol–water partition coefficient (Wildman–Crippen LogP) is 1.07. The average molecular weight is 282 g/mol. The van der Waals surface area contributed by atoms with Gasteiger partial charge in [0.15, 0.2) is 0 Å². The molecule has 0 aromatic carbocycles. The zero-order valence-electron chi connectivity index (χ0n) is 11.7. The average Bonchev–Trinajstić information content (AvgIpc) is 2.90. The van der Waals surface area contributed by atoms with Crippen molar-refractivity contribution in [2.75, 3.05) is 0 Å². The Morgan fingerprint density at radius 3 is 2.95 bits per heavy atom. The molecule has 3 heterocycles. The minimum absolute atomic E-state index is 0.111. The van der Waals surface area contributed by atoms with E-state index in [1.807, 2.05) is 32.0 Å². The Balaban J connectivity index is 1.80. The SMILES string of the molecule is Cc1cc(C)n2nc(C(=O)NCc3cccnc3)nc2n1. The Labute approximate surface area is 121 Å². The lowest BCUT2D eigenvalue weighted by Gasteiger charge is -2.01. The summed E-state index contributed by atoms with van der Waals surface area (Å²) in [5, 5.41) is 6.95. The number of aryl methyl sites for hydroxylation is 2. The van der Waals surface area contributed by atoms with E-state index in [9.17, 15) is 4.79 Å². The topological polar surface area (TPSA) is 85.1 Å². The van der Waals surface area contributed by atoms with Gasteiger partial charge < -0.3 is 5.32 Å². The van der Waals surface area contributed by atoms with Crippen LogP contribution < -0.4 is 5.32 Å². The van der Waals surface area contributed by atoms with Crippen molar-refractivity contribution >= 4 is 11.7 Å².